The topological polar surface area (TPSA) is 122 Å². The van der Waals surface area contributed by atoms with E-state index in [9.17, 15) is 14.7 Å². The van der Waals surface area contributed by atoms with Gasteiger partial charge in [0, 0.05) is 12.6 Å². The zero-order valence-corrected chi connectivity index (χ0v) is 22.0. The number of carbonyl (C=O) groups excluding carboxylic acids is 2. The van der Waals surface area contributed by atoms with Gasteiger partial charge in [0.2, 0.25) is 11.8 Å². The lowest BCUT2D eigenvalue weighted by atomic mass is 10.0. The molecule has 0 saturated carbocycles. The first-order valence-electron chi connectivity index (χ1n) is 10.7. The molecule has 0 aliphatic carbocycles. The number of nitrogens with zero attached hydrogens (tertiary/aromatic N) is 1. The van der Waals surface area contributed by atoms with Crippen LogP contribution in [0.2, 0.25) is 10.0 Å². The predicted molar refractivity (Wildman–Crippen MR) is 139 cm³/mol. The number of hydrogen-bond donors (Lipinski definition) is 4. The zero-order chi connectivity index (χ0) is 24.9. The summed E-state index contributed by atoms with van der Waals surface area (Å²) in [4.78, 5) is 26.6. The monoisotopic (exact) mass is 530 g/mol. The van der Waals surface area contributed by atoms with Crippen LogP contribution in [0.4, 0.5) is 0 Å². The Hall–Kier alpha value is -1.87. The van der Waals surface area contributed by atoms with Crippen LogP contribution in [0.1, 0.15) is 56.5 Å². The van der Waals surface area contributed by atoms with Gasteiger partial charge in [-0.25, -0.2) is 0 Å². The molecule has 6 N–H and O–H groups in total. The Balaban J connectivity index is 0.00000578. The molecule has 1 unspecified atom stereocenters. The molecule has 0 aromatic heterocycles. The summed E-state index contributed by atoms with van der Waals surface area (Å²) in [6, 6.07) is 10.9. The molecule has 0 radical (unpaired) electrons. The van der Waals surface area contributed by atoms with Crippen LogP contribution in [0.15, 0.2) is 42.5 Å². The molecular formula is C24H33Cl3N4O3. The number of rotatable bonds is 9. The van der Waals surface area contributed by atoms with E-state index in [4.69, 9.17) is 34.7 Å². The summed E-state index contributed by atoms with van der Waals surface area (Å²) in [7, 11) is 0. The third-order valence-electron chi connectivity index (χ3n) is 5.25. The molecule has 0 fully saturated rings. The number of hydrogen-bond acceptors (Lipinski definition) is 5. The van der Waals surface area contributed by atoms with Crippen molar-refractivity contribution >= 4 is 47.4 Å². The van der Waals surface area contributed by atoms with Crippen molar-refractivity contribution < 1.29 is 14.7 Å². The van der Waals surface area contributed by atoms with Crippen molar-refractivity contribution in [2.45, 2.75) is 58.0 Å². The predicted octanol–water partition coefficient (Wildman–Crippen LogP) is 3.74. The Bertz CT molecular complexity index is 978. The largest absolute Gasteiger partial charge is 0.387 e. The molecule has 2 aromatic carbocycles. The van der Waals surface area contributed by atoms with Crippen LogP contribution >= 0.6 is 35.6 Å². The molecule has 0 bridgehead atoms. The van der Waals surface area contributed by atoms with Gasteiger partial charge in [0.1, 0.15) is 6.04 Å². The van der Waals surface area contributed by atoms with Gasteiger partial charge in [-0.1, -0.05) is 53.5 Å². The highest BCUT2D eigenvalue weighted by Crippen LogP contribution is 2.27. The standard InChI is InChI=1S/C24H32Cl2N4O3.ClH/c1-14(2)30(13-20(31)17-9-10-18(25)19(26)11-17)22(32)21(27)16-7-5-15(6-8-16)12-29-23(33)24(3,4)28;/h5-11,14,20-21,31H,12-13,27-28H2,1-4H3,(H,29,33);1H/t20-,21?;/m1./s1. The molecule has 0 spiro atoms. The van der Waals surface area contributed by atoms with Gasteiger partial charge in [0.25, 0.3) is 0 Å². The van der Waals surface area contributed by atoms with E-state index in [2.05, 4.69) is 5.32 Å². The Morgan fingerprint density at radius 3 is 2.12 bits per heavy atom. The van der Waals surface area contributed by atoms with Crippen molar-refractivity contribution in [2.75, 3.05) is 6.54 Å². The maximum atomic E-state index is 13.2. The molecule has 0 aliphatic heterocycles. The van der Waals surface area contributed by atoms with Crippen LogP contribution in [0.5, 0.6) is 0 Å². The number of aliphatic hydroxyl groups is 1. The van der Waals surface area contributed by atoms with Crippen molar-refractivity contribution in [3.05, 3.63) is 69.2 Å². The molecule has 2 aromatic rings. The lowest BCUT2D eigenvalue weighted by Gasteiger charge is -2.31. The molecule has 34 heavy (non-hydrogen) atoms. The third kappa shape index (κ3) is 8.12. The van der Waals surface area contributed by atoms with Crippen molar-refractivity contribution in [1.29, 1.82) is 0 Å². The van der Waals surface area contributed by atoms with E-state index in [1.54, 1.807) is 56.3 Å². The maximum absolute atomic E-state index is 13.2. The maximum Gasteiger partial charge on any atom is 0.244 e. The van der Waals surface area contributed by atoms with Gasteiger partial charge < -0.3 is 26.8 Å². The van der Waals surface area contributed by atoms with E-state index in [1.807, 2.05) is 13.8 Å². The second-order valence-electron chi connectivity index (χ2n) is 8.90. The van der Waals surface area contributed by atoms with Crippen LogP contribution in [0, 0.1) is 0 Å². The molecule has 2 amide bonds. The first-order valence-corrected chi connectivity index (χ1v) is 11.4. The lowest BCUT2D eigenvalue weighted by molar-refractivity contribution is -0.136. The van der Waals surface area contributed by atoms with Gasteiger partial charge >= 0.3 is 0 Å². The van der Waals surface area contributed by atoms with E-state index in [0.717, 1.165) is 5.56 Å². The molecule has 0 aliphatic rings. The SMILES string of the molecule is CC(C)N(C[C@@H](O)c1ccc(Cl)c(Cl)c1)C(=O)C(N)c1ccc(CNC(=O)C(C)(C)N)cc1.Cl. The van der Waals surface area contributed by atoms with E-state index in [1.165, 1.54) is 4.90 Å². The fourth-order valence-electron chi connectivity index (χ4n) is 3.14. The van der Waals surface area contributed by atoms with Crippen molar-refractivity contribution in [2.24, 2.45) is 11.5 Å². The highest BCUT2D eigenvalue weighted by atomic mass is 35.5. The average molecular weight is 532 g/mol. The molecule has 188 valence electrons. The minimum atomic E-state index is -0.961. The Morgan fingerprint density at radius 2 is 1.62 bits per heavy atom. The van der Waals surface area contributed by atoms with E-state index in [-0.39, 0.29) is 36.8 Å². The number of nitrogens with two attached hydrogens (primary N) is 2. The van der Waals surface area contributed by atoms with E-state index in [0.29, 0.717) is 27.7 Å². The second-order valence-corrected chi connectivity index (χ2v) is 9.71. The van der Waals surface area contributed by atoms with Gasteiger partial charge in [-0.05, 0) is 56.5 Å². The van der Waals surface area contributed by atoms with Gasteiger partial charge in [-0.2, -0.15) is 0 Å². The fraction of sp³-hybridized carbons (Fsp3) is 0.417. The number of aliphatic hydroxyl groups excluding tert-OH is 1. The zero-order valence-electron chi connectivity index (χ0n) is 19.7. The first-order chi connectivity index (χ1) is 15.3. The summed E-state index contributed by atoms with van der Waals surface area (Å²) in [5.41, 5.74) is 13.1. The summed E-state index contributed by atoms with van der Waals surface area (Å²) in [5, 5.41) is 14.2. The smallest absolute Gasteiger partial charge is 0.244 e. The normalized spacial score (nSPS) is 13.1. The van der Waals surface area contributed by atoms with Crippen LogP contribution in [0.25, 0.3) is 0 Å². The van der Waals surface area contributed by atoms with Gasteiger partial charge in [-0.15, -0.1) is 12.4 Å². The van der Waals surface area contributed by atoms with Crippen molar-refractivity contribution in [3.63, 3.8) is 0 Å². The summed E-state index contributed by atoms with van der Waals surface area (Å²) < 4.78 is 0. The summed E-state index contributed by atoms with van der Waals surface area (Å²) in [6.45, 7) is 7.36. The fourth-order valence-corrected chi connectivity index (χ4v) is 3.45. The van der Waals surface area contributed by atoms with E-state index < -0.39 is 17.7 Å². The second kappa shape index (κ2) is 12.7. The average Bonchev–Trinajstić information content (AvgIpc) is 2.75. The van der Waals surface area contributed by atoms with E-state index >= 15 is 0 Å². The Morgan fingerprint density at radius 1 is 1.06 bits per heavy atom. The molecule has 0 heterocycles. The number of nitrogens with one attached hydrogen (secondary N) is 1. The first kappa shape index (κ1) is 30.2. The van der Waals surface area contributed by atoms with Crippen LogP contribution in [-0.2, 0) is 16.1 Å². The van der Waals surface area contributed by atoms with Gasteiger partial charge in [-0.3, -0.25) is 9.59 Å². The summed E-state index contributed by atoms with van der Waals surface area (Å²) in [6.07, 6.45) is -0.948. The minimum Gasteiger partial charge on any atom is -0.387 e. The quantitative estimate of drug-likeness (QED) is 0.393. The van der Waals surface area contributed by atoms with Gasteiger partial charge in [0.15, 0.2) is 0 Å². The van der Waals surface area contributed by atoms with Crippen LogP contribution < -0.4 is 16.8 Å². The third-order valence-corrected chi connectivity index (χ3v) is 5.99. The van der Waals surface area contributed by atoms with Crippen molar-refractivity contribution in [1.82, 2.24) is 10.2 Å². The number of carbonyl (C=O) groups is 2. The number of amides is 2. The lowest BCUT2D eigenvalue weighted by Crippen LogP contribution is -2.48. The van der Waals surface area contributed by atoms with Crippen LogP contribution in [-0.4, -0.2) is 39.9 Å². The Kier molecular flexibility index (Phi) is 11.3. The van der Waals surface area contributed by atoms with Crippen molar-refractivity contribution in [3.8, 4) is 0 Å². The highest BCUT2D eigenvalue weighted by Gasteiger charge is 2.27. The number of halogens is 3. The summed E-state index contributed by atoms with van der Waals surface area (Å²) in [5.74, 6) is -0.568. The minimum absolute atomic E-state index is 0. The molecule has 7 nitrogen and oxygen atoms in total. The molecular weight excluding hydrogens is 499 g/mol. The molecule has 2 rings (SSSR count). The summed E-state index contributed by atoms with van der Waals surface area (Å²) >= 11 is 12.0. The molecule has 2 atom stereocenters. The van der Waals surface area contributed by atoms with Crippen LogP contribution in [0.3, 0.4) is 0 Å². The van der Waals surface area contributed by atoms with Gasteiger partial charge in [0.05, 0.1) is 28.2 Å². The number of benzene rings is 2. The Labute approximate surface area is 217 Å². The highest BCUT2D eigenvalue weighted by molar-refractivity contribution is 6.42. The molecule has 10 heteroatoms. The molecule has 0 saturated heterocycles.